The summed E-state index contributed by atoms with van der Waals surface area (Å²) in [6.07, 6.45) is -3.11. The highest BCUT2D eigenvalue weighted by molar-refractivity contribution is 7.53. The molecule has 0 aliphatic carbocycles. The van der Waals surface area contributed by atoms with Gasteiger partial charge in [-0.3, -0.25) is 14.3 Å². The zero-order valence-corrected chi connectivity index (χ0v) is 21.6. The van der Waals surface area contributed by atoms with Gasteiger partial charge in [0.25, 0.3) is 11.5 Å². The van der Waals surface area contributed by atoms with E-state index in [0.717, 1.165) is 6.20 Å². The summed E-state index contributed by atoms with van der Waals surface area (Å²) in [5.41, 5.74) is -1.37. The summed E-state index contributed by atoms with van der Waals surface area (Å²) in [6, 6.07) is 7.97. The Kier molecular flexibility index (Phi) is 8.71. The summed E-state index contributed by atoms with van der Waals surface area (Å²) in [5, 5.41) is 11.4. The number of rotatable bonds is 10. The van der Waals surface area contributed by atoms with E-state index >= 15 is 0 Å². The zero-order valence-electron chi connectivity index (χ0n) is 20.7. The lowest BCUT2D eigenvalue weighted by Gasteiger charge is -2.31. The fourth-order valence-corrected chi connectivity index (χ4v) is 5.42. The molecule has 0 bridgehead atoms. The molecule has 2 heterocycles. The van der Waals surface area contributed by atoms with Gasteiger partial charge in [-0.05, 0) is 46.8 Å². The Bertz CT molecular complexity index is 1210. The second-order valence-electron chi connectivity index (χ2n) is 8.86. The summed E-state index contributed by atoms with van der Waals surface area (Å²) in [6.45, 7) is 7.81. The summed E-state index contributed by atoms with van der Waals surface area (Å²) in [4.78, 5) is 39.3. The number of aliphatic hydroxyl groups is 1. The van der Waals surface area contributed by atoms with Gasteiger partial charge in [-0.2, -0.15) is 0 Å². The predicted molar refractivity (Wildman–Crippen MR) is 128 cm³/mol. The van der Waals surface area contributed by atoms with Crippen molar-refractivity contribution in [2.24, 2.45) is 0 Å². The molecule has 1 aromatic heterocycles. The molecule has 1 aliphatic heterocycles. The molecule has 1 aliphatic rings. The average Bonchev–Trinajstić information content (AvgIpc) is 3.10. The maximum atomic E-state index is 13.2. The Hall–Kier alpha value is -2.60. The molecule has 0 radical (unpaired) electrons. The Balaban J connectivity index is 1.95. The van der Waals surface area contributed by atoms with Crippen LogP contribution in [0.4, 0.5) is 0 Å². The molecule has 1 aromatic carbocycles. The van der Waals surface area contributed by atoms with Crippen molar-refractivity contribution in [1.82, 2.24) is 9.55 Å². The number of esters is 1. The third-order valence-corrected chi connectivity index (χ3v) is 7.02. The van der Waals surface area contributed by atoms with Gasteiger partial charge in [0.1, 0.15) is 12.5 Å². The molecule has 36 heavy (non-hydrogen) atoms. The minimum atomic E-state index is -3.76. The maximum Gasteiger partial charge on any atom is 0.356 e. The van der Waals surface area contributed by atoms with E-state index in [1.54, 1.807) is 45.9 Å². The van der Waals surface area contributed by atoms with Crippen LogP contribution in [0.2, 0.25) is 0 Å². The SMILES string of the molecule is Cc1cn(C2(O)OC[C@H](OCP(=O)(OC(C)C)OC(C)C)[C@H]2OC(=O)c2ccccc2)c(=O)[nH]c1=O. The van der Waals surface area contributed by atoms with Gasteiger partial charge in [-0.15, -0.1) is 0 Å². The Labute approximate surface area is 207 Å². The maximum absolute atomic E-state index is 13.2. The first-order chi connectivity index (χ1) is 16.8. The van der Waals surface area contributed by atoms with Gasteiger partial charge in [0.2, 0.25) is 6.10 Å². The number of carbonyl (C=O) groups is 1. The van der Waals surface area contributed by atoms with Crippen LogP contribution in [0.5, 0.6) is 0 Å². The number of nitrogens with one attached hydrogen (secondary N) is 1. The summed E-state index contributed by atoms with van der Waals surface area (Å²) in [5.74, 6) is -3.37. The van der Waals surface area contributed by atoms with Crippen molar-refractivity contribution < 1.29 is 37.7 Å². The van der Waals surface area contributed by atoms with Crippen LogP contribution >= 0.6 is 7.60 Å². The van der Waals surface area contributed by atoms with Gasteiger partial charge >= 0.3 is 19.3 Å². The highest BCUT2D eigenvalue weighted by Gasteiger charge is 2.55. The van der Waals surface area contributed by atoms with Crippen LogP contribution in [-0.2, 0) is 33.7 Å². The lowest BCUT2D eigenvalue weighted by Crippen LogP contribution is -2.53. The van der Waals surface area contributed by atoms with E-state index in [-0.39, 0.29) is 17.7 Å². The van der Waals surface area contributed by atoms with E-state index in [4.69, 9.17) is 23.3 Å². The van der Waals surface area contributed by atoms with E-state index in [1.165, 1.54) is 19.1 Å². The lowest BCUT2D eigenvalue weighted by molar-refractivity contribution is -0.278. The van der Waals surface area contributed by atoms with Crippen LogP contribution in [0.15, 0.2) is 46.1 Å². The van der Waals surface area contributed by atoms with Crippen molar-refractivity contribution in [2.75, 3.05) is 13.0 Å². The molecule has 3 atom stereocenters. The van der Waals surface area contributed by atoms with Gasteiger partial charge in [0, 0.05) is 11.8 Å². The first-order valence-corrected chi connectivity index (χ1v) is 13.1. The summed E-state index contributed by atoms with van der Waals surface area (Å²) in [7, 11) is -3.76. The van der Waals surface area contributed by atoms with E-state index in [9.17, 15) is 24.1 Å². The van der Waals surface area contributed by atoms with Crippen molar-refractivity contribution >= 4 is 13.6 Å². The molecule has 13 heteroatoms. The topological polar surface area (TPSA) is 155 Å². The minimum absolute atomic E-state index is 0.101. The molecule has 1 fully saturated rings. The second kappa shape index (κ2) is 11.2. The Morgan fingerprint density at radius 1 is 1.19 bits per heavy atom. The molecule has 1 unspecified atom stereocenters. The standard InChI is InChI=1S/C23H31N2O10P/c1-14(2)34-36(30,35-15(3)4)13-31-18-12-32-23(29,25-11-16(5)20(26)24-22(25)28)19(18)33-21(27)17-9-7-6-8-10-17/h6-11,14-15,18-19,29H,12-13H2,1-5H3,(H,24,26,28)/t18-,19+,23?/m0/s1. The van der Waals surface area contributed by atoms with E-state index in [0.29, 0.717) is 4.57 Å². The number of aromatic nitrogens is 2. The van der Waals surface area contributed by atoms with Gasteiger partial charge < -0.3 is 28.4 Å². The zero-order chi connectivity index (χ0) is 26.7. The molecule has 0 spiro atoms. The van der Waals surface area contributed by atoms with Gasteiger partial charge in [0.15, 0.2) is 0 Å². The summed E-state index contributed by atoms with van der Waals surface area (Å²) < 4.78 is 41.8. The number of hydrogen-bond acceptors (Lipinski definition) is 10. The summed E-state index contributed by atoms with van der Waals surface area (Å²) >= 11 is 0. The molecule has 12 nitrogen and oxygen atoms in total. The fourth-order valence-electron chi connectivity index (χ4n) is 3.59. The number of benzene rings is 1. The van der Waals surface area contributed by atoms with Crippen LogP contribution in [0.25, 0.3) is 0 Å². The van der Waals surface area contributed by atoms with Gasteiger partial charge in [-0.1, -0.05) is 18.2 Å². The molecular formula is C23H31N2O10P. The predicted octanol–water partition coefficient (Wildman–Crippen LogP) is 2.09. The van der Waals surface area contributed by atoms with Gasteiger partial charge in [-0.25, -0.2) is 14.2 Å². The number of ether oxygens (including phenoxy) is 3. The quantitative estimate of drug-likeness (QED) is 0.347. The molecule has 0 amide bonds. The molecule has 198 valence electrons. The van der Waals surface area contributed by atoms with Crippen molar-refractivity contribution in [3.8, 4) is 0 Å². The molecular weight excluding hydrogens is 495 g/mol. The van der Waals surface area contributed by atoms with E-state index in [2.05, 4.69) is 4.98 Å². The second-order valence-corrected chi connectivity index (χ2v) is 10.8. The third kappa shape index (κ3) is 6.39. The van der Waals surface area contributed by atoms with Crippen molar-refractivity contribution in [2.45, 2.75) is 64.9 Å². The Morgan fingerprint density at radius 3 is 2.39 bits per heavy atom. The molecule has 2 N–H and O–H groups in total. The monoisotopic (exact) mass is 526 g/mol. The number of hydrogen-bond donors (Lipinski definition) is 2. The largest absolute Gasteiger partial charge is 0.448 e. The molecule has 3 rings (SSSR count). The van der Waals surface area contributed by atoms with E-state index in [1.807, 2.05) is 0 Å². The number of H-pyrrole nitrogens is 1. The molecule has 1 saturated heterocycles. The normalized spacial score (nSPS) is 22.3. The van der Waals surface area contributed by atoms with E-state index < -0.39 is 61.5 Å². The number of nitrogens with zero attached hydrogens (tertiary/aromatic N) is 1. The van der Waals surface area contributed by atoms with Crippen LogP contribution in [-0.4, -0.2) is 58.0 Å². The highest BCUT2D eigenvalue weighted by Crippen LogP contribution is 2.51. The van der Waals surface area contributed by atoms with Crippen LogP contribution in [0, 0.1) is 6.92 Å². The first-order valence-electron chi connectivity index (χ1n) is 11.4. The highest BCUT2D eigenvalue weighted by atomic mass is 31.2. The Morgan fingerprint density at radius 2 is 1.81 bits per heavy atom. The minimum Gasteiger partial charge on any atom is -0.448 e. The number of aryl methyl sites for hydroxylation is 1. The lowest BCUT2D eigenvalue weighted by atomic mass is 10.1. The first kappa shape index (κ1) is 28.0. The number of aromatic amines is 1. The number of carbonyl (C=O) groups excluding carboxylic acids is 1. The molecule has 0 saturated carbocycles. The van der Waals surface area contributed by atoms with Gasteiger partial charge in [0.05, 0.1) is 24.4 Å². The van der Waals surface area contributed by atoms with Crippen LogP contribution in [0.3, 0.4) is 0 Å². The molecule has 2 aromatic rings. The van der Waals surface area contributed by atoms with Crippen molar-refractivity contribution in [1.29, 1.82) is 0 Å². The fraction of sp³-hybridized carbons (Fsp3) is 0.522. The average molecular weight is 526 g/mol. The third-order valence-electron chi connectivity index (χ3n) is 5.07. The smallest absolute Gasteiger partial charge is 0.356 e. The van der Waals surface area contributed by atoms with Crippen LogP contribution in [0.1, 0.15) is 43.6 Å². The van der Waals surface area contributed by atoms with Crippen molar-refractivity contribution in [3.05, 3.63) is 68.5 Å². The van der Waals surface area contributed by atoms with Crippen LogP contribution < -0.4 is 11.2 Å². The van der Waals surface area contributed by atoms with Crippen molar-refractivity contribution in [3.63, 3.8) is 0 Å².